The van der Waals surface area contributed by atoms with Crippen molar-refractivity contribution in [3.63, 3.8) is 0 Å². The van der Waals surface area contributed by atoms with Crippen molar-refractivity contribution in [2.75, 3.05) is 7.11 Å². The molecule has 2 heterocycles. The van der Waals surface area contributed by atoms with Crippen LogP contribution in [0.5, 0.6) is 0 Å². The molecule has 8 heteroatoms. The van der Waals surface area contributed by atoms with Crippen LogP contribution in [0.1, 0.15) is 59.3 Å². The summed E-state index contributed by atoms with van der Waals surface area (Å²) in [4.78, 5) is 51.7. The van der Waals surface area contributed by atoms with Crippen LogP contribution in [0.3, 0.4) is 0 Å². The second-order valence-electron chi connectivity index (χ2n) is 8.27. The van der Waals surface area contributed by atoms with Crippen molar-refractivity contribution in [1.82, 2.24) is 9.91 Å². The summed E-state index contributed by atoms with van der Waals surface area (Å²) in [5.74, 6) is -2.42. The van der Waals surface area contributed by atoms with E-state index >= 15 is 0 Å². The lowest BCUT2D eigenvalue weighted by Crippen LogP contribution is -2.51. The predicted molar refractivity (Wildman–Crippen MR) is 96.7 cm³/mol. The summed E-state index contributed by atoms with van der Waals surface area (Å²) in [5, 5.41) is 5.78. The first-order valence-electron chi connectivity index (χ1n) is 9.51. The lowest BCUT2D eigenvalue weighted by Gasteiger charge is -2.37. The summed E-state index contributed by atoms with van der Waals surface area (Å²) in [6.07, 6.45) is 4.80. The number of hydrogen-bond donors (Lipinski definition) is 0. The molecule has 1 saturated carbocycles. The molecule has 0 aromatic rings. The van der Waals surface area contributed by atoms with Crippen molar-refractivity contribution in [2.24, 2.45) is 11.0 Å². The second kappa shape index (κ2) is 7.05. The van der Waals surface area contributed by atoms with E-state index in [2.05, 4.69) is 5.10 Å². The number of fused-ring (bicyclic) bond motifs is 1. The van der Waals surface area contributed by atoms with Gasteiger partial charge < -0.3 is 4.74 Å². The van der Waals surface area contributed by atoms with Gasteiger partial charge in [-0.2, -0.15) is 5.10 Å². The fraction of sp³-hybridized carbons (Fsp3) is 0.737. The number of hydrogen-bond acceptors (Lipinski definition) is 7. The van der Waals surface area contributed by atoms with Crippen molar-refractivity contribution >= 4 is 29.3 Å². The molecular formula is C19H27N3O5. The molecule has 2 fully saturated rings. The quantitative estimate of drug-likeness (QED) is 0.529. The number of nitrogens with zero attached hydrogens (tertiary/aromatic N) is 3. The molecule has 0 aromatic carbocycles. The Labute approximate surface area is 158 Å². The molecule has 0 aromatic heterocycles. The van der Waals surface area contributed by atoms with E-state index in [0.29, 0.717) is 0 Å². The third kappa shape index (κ3) is 3.26. The minimum Gasteiger partial charge on any atom is -0.464 e. The van der Waals surface area contributed by atoms with Crippen LogP contribution in [-0.4, -0.2) is 63.9 Å². The number of carbonyl (C=O) groups is 4. The van der Waals surface area contributed by atoms with Crippen molar-refractivity contribution in [1.29, 1.82) is 0 Å². The SMILES string of the molecule is COC(=O)C1=NN(C(C)(C)CC(C)=O)[C@@H]2C(=O)N(C3CCCCC3)C(=O)[C@H]12. The minimum atomic E-state index is -0.960. The molecule has 1 saturated heterocycles. The van der Waals surface area contributed by atoms with Crippen LogP contribution in [0.2, 0.25) is 0 Å². The van der Waals surface area contributed by atoms with Crippen LogP contribution in [0.4, 0.5) is 0 Å². The number of hydrazone groups is 1. The number of ether oxygens (including phenoxy) is 1. The molecular weight excluding hydrogens is 350 g/mol. The van der Waals surface area contributed by atoms with Gasteiger partial charge in [0.1, 0.15) is 17.7 Å². The van der Waals surface area contributed by atoms with Crippen LogP contribution in [0.25, 0.3) is 0 Å². The van der Waals surface area contributed by atoms with E-state index in [1.165, 1.54) is 23.9 Å². The average Bonchev–Trinajstić information content (AvgIpc) is 3.12. The molecule has 148 valence electrons. The highest BCUT2D eigenvalue weighted by Crippen LogP contribution is 2.40. The van der Waals surface area contributed by atoms with Gasteiger partial charge in [-0.3, -0.25) is 24.3 Å². The van der Waals surface area contributed by atoms with E-state index in [4.69, 9.17) is 4.74 Å². The zero-order chi connectivity index (χ0) is 19.9. The Morgan fingerprint density at radius 2 is 1.78 bits per heavy atom. The largest absolute Gasteiger partial charge is 0.464 e. The van der Waals surface area contributed by atoms with E-state index in [1.54, 1.807) is 13.8 Å². The minimum absolute atomic E-state index is 0.0456. The first-order valence-corrected chi connectivity index (χ1v) is 9.51. The van der Waals surface area contributed by atoms with Gasteiger partial charge in [0.2, 0.25) is 5.91 Å². The Balaban J connectivity index is 1.99. The smallest absolute Gasteiger partial charge is 0.355 e. The lowest BCUT2D eigenvalue weighted by atomic mass is 9.92. The summed E-state index contributed by atoms with van der Waals surface area (Å²) in [7, 11) is 1.23. The van der Waals surface area contributed by atoms with Crippen LogP contribution in [0.15, 0.2) is 5.10 Å². The van der Waals surface area contributed by atoms with Crippen molar-refractivity contribution in [3.05, 3.63) is 0 Å². The normalized spacial score (nSPS) is 26.3. The average molecular weight is 377 g/mol. The van der Waals surface area contributed by atoms with Gasteiger partial charge in [0.15, 0.2) is 5.71 Å². The predicted octanol–water partition coefficient (Wildman–Crippen LogP) is 1.27. The summed E-state index contributed by atoms with van der Waals surface area (Å²) < 4.78 is 4.80. The standard InChI is InChI=1S/C19H27N3O5/c1-11(23)10-19(2,3)22-15-13(14(20-22)18(26)27-4)16(24)21(17(15)25)12-8-6-5-7-9-12/h12-13,15H,5-10H2,1-4H3/t13-,15+/m1/s1. The fourth-order valence-corrected chi connectivity index (χ4v) is 4.60. The van der Waals surface area contributed by atoms with E-state index < -0.39 is 23.5 Å². The molecule has 0 radical (unpaired) electrons. The number of Topliss-reactive ketones (excluding diaryl/α,β-unsaturated/α-hetero) is 1. The second-order valence-corrected chi connectivity index (χ2v) is 8.27. The molecule has 2 atom stereocenters. The number of methoxy groups -OCH3 is 1. The Morgan fingerprint density at radius 3 is 2.33 bits per heavy atom. The molecule has 0 unspecified atom stereocenters. The van der Waals surface area contributed by atoms with Gasteiger partial charge >= 0.3 is 5.97 Å². The number of amides is 2. The van der Waals surface area contributed by atoms with E-state index in [0.717, 1.165) is 32.1 Å². The zero-order valence-corrected chi connectivity index (χ0v) is 16.4. The number of likely N-dealkylation sites (tertiary alicyclic amines) is 1. The van der Waals surface area contributed by atoms with Crippen LogP contribution < -0.4 is 0 Å². The maximum Gasteiger partial charge on any atom is 0.355 e. The highest BCUT2D eigenvalue weighted by Gasteiger charge is 2.61. The van der Waals surface area contributed by atoms with Gasteiger partial charge in [-0.1, -0.05) is 19.3 Å². The third-order valence-electron chi connectivity index (χ3n) is 5.72. The van der Waals surface area contributed by atoms with Crippen molar-refractivity contribution in [2.45, 2.75) is 76.9 Å². The van der Waals surface area contributed by atoms with Crippen molar-refractivity contribution < 1.29 is 23.9 Å². The molecule has 1 aliphatic carbocycles. The van der Waals surface area contributed by atoms with E-state index in [1.807, 2.05) is 0 Å². The van der Waals surface area contributed by atoms with Crippen LogP contribution >= 0.6 is 0 Å². The lowest BCUT2D eigenvalue weighted by molar-refractivity contribution is -0.145. The first kappa shape index (κ1) is 19.5. The maximum absolute atomic E-state index is 13.2. The molecule has 0 spiro atoms. The highest BCUT2D eigenvalue weighted by atomic mass is 16.5. The first-order chi connectivity index (χ1) is 12.7. The third-order valence-corrected chi connectivity index (χ3v) is 5.72. The van der Waals surface area contributed by atoms with Crippen molar-refractivity contribution in [3.8, 4) is 0 Å². The number of ketones is 1. The molecule has 0 bridgehead atoms. The number of imide groups is 1. The van der Waals surface area contributed by atoms with Gasteiger partial charge in [-0.05, 0) is 33.6 Å². The van der Waals surface area contributed by atoms with Gasteiger partial charge in [0, 0.05) is 12.5 Å². The molecule has 2 amide bonds. The number of esters is 1. The van der Waals surface area contributed by atoms with Crippen LogP contribution in [0, 0.1) is 5.92 Å². The molecule has 0 N–H and O–H groups in total. The zero-order valence-electron chi connectivity index (χ0n) is 16.4. The maximum atomic E-state index is 13.2. The molecule has 3 rings (SSSR count). The monoisotopic (exact) mass is 377 g/mol. The van der Waals surface area contributed by atoms with Gasteiger partial charge in [0.05, 0.1) is 12.6 Å². The summed E-state index contributed by atoms with van der Waals surface area (Å²) in [6, 6.07) is -1.01. The number of carbonyl (C=O) groups excluding carboxylic acids is 4. The van der Waals surface area contributed by atoms with Crippen LogP contribution in [-0.2, 0) is 23.9 Å². The molecule has 8 nitrogen and oxygen atoms in total. The molecule has 27 heavy (non-hydrogen) atoms. The molecule has 3 aliphatic rings. The summed E-state index contributed by atoms with van der Waals surface area (Å²) >= 11 is 0. The van der Waals surface area contributed by atoms with E-state index in [9.17, 15) is 19.2 Å². The topological polar surface area (TPSA) is 96.3 Å². The fourth-order valence-electron chi connectivity index (χ4n) is 4.60. The number of rotatable bonds is 5. The van der Waals surface area contributed by atoms with Gasteiger partial charge in [0.25, 0.3) is 5.91 Å². The highest BCUT2D eigenvalue weighted by molar-refractivity contribution is 6.44. The Hall–Kier alpha value is -2.25. The Morgan fingerprint density at radius 1 is 1.15 bits per heavy atom. The summed E-state index contributed by atoms with van der Waals surface area (Å²) in [6.45, 7) is 5.04. The van der Waals surface area contributed by atoms with Gasteiger partial charge in [-0.25, -0.2) is 4.79 Å². The summed E-state index contributed by atoms with van der Waals surface area (Å²) in [5.41, 5.74) is -0.848. The Kier molecular flexibility index (Phi) is 5.10. The van der Waals surface area contributed by atoms with Gasteiger partial charge in [-0.15, -0.1) is 0 Å². The van der Waals surface area contributed by atoms with E-state index in [-0.39, 0.29) is 35.8 Å². The Bertz CT molecular complexity index is 708. The molecule has 2 aliphatic heterocycles.